The summed E-state index contributed by atoms with van der Waals surface area (Å²) in [6.07, 6.45) is 0. The molecule has 0 spiro atoms. The summed E-state index contributed by atoms with van der Waals surface area (Å²) >= 11 is 13.5. The number of carbonyl (C=O) groups is 1. The lowest BCUT2D eigenvalue weighted by Gasteiger charge is -2.09. The number of fused-ring (bicyclic) bond motifs is 1. The minimum atomic E-state index is -0.442. The SMILES string of the molecule is CCOCCn1c(=NC(=O)c2ccc(Cl)cc2Cl)sc2cc(OC)c(OC)cc21. The van der Waals surface area contributed by atoms with Crippen LogP contribution >= 0.6 is 34.5 Å². The van der Waals surface area contributed by atoms with Crippen LogP contribution in [0, 0.1) is 0 Å². The quantitative estimate of drug-likeness (QED) is 0.480. The van der Waals surface area contributed by atoms with Crippen LogP contribution in [-0.2, 0) is 11.3 Å². The second-order valence-corrected chi connectivity index (χ2v) is 7.80. The van der Waals surface area contributed by atoms with Crippen molar-refractivity contribution in [2.75, 3.05) is 27.4 Å². The average Bonchev–Trinajstić information content (AvgIpc) is 3.02. The van der Waals surface area contributed by atoms with Gasteiger partial charge in [-0.3, -0.25) is 4.79 Å². The first-order valence-corrected chi connectivity index (χ1v) is 10.4. The van der Waals surface area contributed by atoms with Crippen LogP contribution in [0.15, 0.2) is 35.3 Å². The highest BCUT2D eigenvalue weighted by atomic mass is 35.5. The summed E-state index contributed by atoms with van der Waals surface area (Å²) in [6.45, 7) is 3.55. The van der Waals surface area contributed by atoms with E-state index in [4.69, 9.17) is 37.4 Å². The minimum Gasteiger partial charge on any atom is -0.493 e. The second-order valence-electron chi connectivity index (χ2n) is 5.95. The van der Waals surface area contributed by atoms with Crippen molar-refractivity contribution in [2.24, 2.45) is 4.99 Å². The highest BCUT2D eigenvalue weighted by Gasteiger charge is 2.15. The summed E-state index contributed by atoms with van der Waals surface area (Å²) in [6, 6.07) is 8.44. The Kier molecular flexibility index (Phi) is 7.18. The zero-order valence-corrected chi connectivity index (χ0v) is 18.5. The molecular formula is C20H20Cl2N2O4S. The Morgan fingerprint density at radius 1 is 1.14 bits per heavy atom. The topological polar surface area (TPSA) is 62.1 Å². The molecule has 3 aromatic rings. The average molecular weight is 455 g/mol. The number of carbonyl (C=O) groups excluding carboxylic acids is 1. The van der Waals surface area contributed by atoms with E-state index in [0.29, 0.717) is 46.6 Å². The predicted octanol–water partition coefficient (Wildman–Crippen LogP) is 4.80. The lowest BCUT2D eigenvalue weighted by Crippen LogP contribution is -2.20. The fraction of sp³-hybridized carbons (Fsp3) is 0.300. The molecule has 9 heteroatoms. The molecule has 0 aliphatic rings. The van der Waals surface area contributed by atoms with Crippen LogP contribution in [0.3, 0.4) is 0 Å². The van der Waals surface area contributed by atoms with Crippen molar-refractivity contribution in [1.29, 1.82) is 0 Å². The van der Waals surface area contributed by atoms with E-state index in [-0.39, 0.29) is 5.02 Å². The Labute approximate surface area is 182 Å². The van der Waals surface area contributed by atoms with Crippen molar-refractivity contribution in [3.05, 3.63) is 50.7 Å². The molecule has 154 valence electrons. The summed E-state index contributed by atoms with van der Waals surface area (Å²) in [5, 5.41) is 0.718. The number of methoxy groups -OCH3 is 2. The normalized spacial score (nSPS) is 11.8. The van der Waals surface area contributed by atoms with Gasteiger partial charge < -0.3 is 18.8 Å². The van der Waals surface area contributed by atoms with Crippen LogP contribution in [0.1, 0.15) is 17.3 Å². The van der Waals surface area contributed by atoms with Crippen LogP contribution in [0.25, 0.3) is 10.2 Å². The fourth-order valence-electron chi connectivity index (χ4n) is 2.81. The minimum absolute atomic E-state index is 0.261. The highest BCUT2D eigenvalue weighted by Crippen LogP contribution is 2.33. The Morgan fingerprint density at radius 3 is 2.52 bits per heavy atom. The molecule has 0 N–H and O–H groups in total. The van der Waals surface area contributed by atoms with E-state index in [1.54, 1.807) is 26.4 Å². The molecule has 0 fully saturated rings. The smallest absolute Gasteiger partial charge is 0.281 e. The van der Waals surface area contributed by atoms with Gasteiger partial charge in [0.2, 0.25) is 0 Å². The van der Waals surface area contributed by atoms with Gasteiger partial charge in [-0.2, -0.15) is 4.99 Å². The molecule has 0 atom stereocenters. The van der Waals surface area contributed by atoms with Gasteiger partial charge in [-0.25, -0.2) is 0 Å². The van der Waals surface area contributed by atoms with Gasteiger partial charge in [-0.1, -0.05) is 34.5 Å². The first kappa shape index (κ1) is 21.6. The third kappa shape index (κ3) is 4.75. The van der Waals surface area contributed by atoms with Crippen molar-refractivity contribution in [1.82, 2.24) is 4.57 Å². The van der Waals surface area contributed by atoms with E-state index in [0.717, 1.165) is 10.2 Å². The van der Waals surface area contributed by atoms with Gasteiger partial charge >= 0.3 is 0 Å². The number of hydrogen-bond acceptors (Lipinski definition) is 5. The van der Waals surface area contributed by atoms with E-state index >= 15 is 0 Å². The standard InChI is InChI=1S/C20H20Cl2N2O4S/c1-4-28-8-7-24-15-10-16(26-2)17(27-3)11-18(15)29-20(24)23-19(25)13-6-5-12(21)9-14(13)22/h5-6,9-11H,4,7-8H2,1-3H3. The maximum Gasteiger partial charge on any atom is 0.281 e. The summed E-state index contributed by atoms with van der Waals surface area (Å²) in [7, 11) is 3.16. The number of hydrogen-bond donors (Lipinski definition) is 0. The number of halogens is 2. The van der Waals surface area contributed by atoms with Gasteiger partial charge in [0.25, 0.3) is 5.91 Å². The monoisotopic (exact) mass is 454 g/mol. The Hall–Kier alpha value is -2.06. The molecule has 0 saturated heterocycles. The fourth-order valence-corrected chi connectivity index (χ4v) is 4.36. The summed E-state index contributed by atoms with van der Waals surface area (Å²) in [5.41, 5.74) is 1.17. The van der Waals surface area contributed by atoms with Crippen molar-refractivity contribution in [2.45, 2.75) is 13.5 Å². The number of nitrogens with zero attached hydrogens (tertiary/aromatic N) is 2. The van der Waals surface area contributed by atoms with E-state index in [2.05, 4.69) is 4.99 Å². The number of ether oxygens (including phenoxy) is 3. The van der Waals surface area contributed by atoms with E-state index in [1.165, 1.54) is 17.4 Å². The maximum atomic E-state index is 12.8. The lowest BCUT2D eigenvalue weighted by molar-refractivity contribution is 0.0997. The van der Waals surface area contributed by atoms with Crippen molar-refractivity contribution in [3.63, 3.8) is 0 Å². The van der Waals surface area contributed by atoms with E-state index in [1.807, 2.05) is 23.6 Å². The Morgan fingerprint density at radius 2 is 1.86 bits per heavy atom. The summed E-state index contributed by atoms with van der Waals surface area (Å²) in [4.78, 5) is 17.6. The zero-order valence-electron chi connectivity index (χ0n) is 16.2. The van der Waals surface area contributed by atoms with Crippen LogP contribution in [0.4, 0.5) is 0 Å². The predicted molar refractivity (Wildman–Crippen MR) is 116 cm³/mol. The highest BCUT2D eigenvalue weighted by molar-refractivity contribution is 7.16. The van der Waals surface area contributed by atoms with Crippen molar-refractivity contribution < 1.29 is 19.0 Å². The molecule has 0 unspecified atom stereocenters. The van der Waals surface area contributed by atoms with Gasteiger partial charge in [0.15, 0.2) is 16.3 Å². The van der Waals surface area contributed by atoms with Crippen molar-refractivity contribution >= 4 is 50.7 Å². The molecule has 1 heterocycles. The van der Waals surface area contributed by atoms with Gasteiger partial charge in [-0.05, 0) is 25.1 Å². The van der Waals surface area contributed by atoms with Gasteiger partial charge in [0, 0.05) is 30.3 Å². The summed E-state index contributed by atoms with van der Waals surface area (Å²) < 4.78 is 19.1. The summed E-state index contributed by atoms with van der Waals surface area (Å²) in [5.74, 6) is 0.765. The van der Waals surface area contributed by atoms with Crippen LogP contribution in [0.5, 0.6) is 11.5 Å². The molecule has 0 radical (unpaired) electrons. The van der Waals surface area contributed by atoms with Crippen molar-refractivity contribution in [3.8, 4) is 11.5 Å². The maximum absolute atomic E-state index is 12.8. The molecule has 0 aliphatic carbocycles. The molecular weight excluding hydrogens is 435 g/mol. The number of aromatic nitrogens is 1. The van der Waals surface area contributed by atoms with Crippen LogP contribution in [-0.4, -0.2) is 37.9 Å². The van der Waals surface area contributed by atoms with Crippen LogP contribution in [0.2, 0.25) is 10.0 Å². The molecule has 1 aromatic heterocycles. The van der Waals surface area contributed by atoms with E-state index < -0.39 is 5.91 Å². The molecule has 3 rings (SSSR count). The van der Waals surface area contributed by atoms with Crippen LogP contribution < -0.4 is 14.3 Å². The molecule has 6 nitrogen and oxygen atoms in total. The molecule has 2 aromatic carbocycles. The molecule has 0 bridgehead atoms. The third-order valence-electron chi connectivity index (χ3n) is 4.21. The van der Waals surface area contributed by atoms with Gasteiger partial charge in [0.05, 0.1) is 41.6 Å². The number of benzene rings is 2. The molecule has 0 saturated carbocycles. The van der Waals surface area contributed by atoms with Gasteiger partial charge in [0.1, 0.15) is 0 Å². The Balaban J connectivity index is 2.14. The third-order valence-corrected chi connectivity index (χ3v) is 5.80. The molecule has 1 amide bonds. The second kappa shape index (κ2) is 9.63. The number of amides is 1. The molecule has 29 heavy (non-hydrogen) atoms. The number of thiazole rings is 1. The van der Waals surface area contributed by atoms with E-state index in [9.17, 15) is 4.79 Å². The largest absolute Gasteiger partial charge is 0.493 e. The first-order chi connectivity index (χ1) is 14.0. The number of rotatable bonds is 7. The molecule has 0 aliphatic heterocycles. The lowest BCUT2D eigenvalue weighted by atomic mass is 10.2. The first-order valence-electron chi connectivity index (χ1n) is 8.85. The van der Waals surface area contributed by atoms with Gasteiger partial charge in [-0.15, -0.1) is 0 Å². The Bertz CT molecular complexity index is 1110. The zero-order chi connectivity index (χ0) is 21.0.